The lowest BCUT2D eigenvalue weighted by Crippen LogP contribution is -2.26. The highest BCUT2D eigenvalue weighted by Gasteiger charge is 2.06. The van der Waals surface area contributed by atoms with E-state index in [1.807, 2.05) is 11.8 Å². The van der Waals surface area contributed by atoms with Crippen LogP contribution in [-0.2, 0) is 6.61 Å². The zero-order chi connectivity index (χ0) is 11.1. The molecule has 0 amide bonds. The van der Waals surface area contributed by atoms with E-state index >= 15 is 0 Å². The normalized spacial score (nSPS) is 10.3. The average molecular weight is 211 g/mol. The van der Waals surface area contributed by atoms with E-state index in [0.29, 0.717) is 12.1 Å². The monoisotopic (exact) mass is 211 g/mol. The molecule has 1 heterocycles. The average Bonchev–Trinajstić information content (AvgIpc) is 2.30. The van der Waals surface area contributed by atoms with Gasteiger partial charge >= 0.3 is 0 Å². The highest BCUT2D eigenvalue weighted by atomic mass is 16.3. The number of hydrogen-bond acceptors (Lipinski definition) is 5. The predicted octanol–water partition coefficient (Wildman–Crippen LogP) is 0.178. The largest absolute Gasteiger partial charge is 0.396 e. The zero-order valence-corrected chi connectivity index (χ0v) is 8.93. The lowest BCUT2D eigenvalue weighted by atomic mass is 10.4. The Morgan fingerprint density at radius 2 is 2.13 bits per heavy atom. The van der Waals surface area contributed by atoms with Crippen LogP contribution in [0.15, 0.2) is 12.4 Å². The number of aromatic nitrogens is 2. The zero-order valence-electron chi connectivity index (χ0n) is 8.93. The van der Waals surface area contributed by atoms with Gasteiger partial charge in [0, 0.05) is 19.7 Å². The maximum Gasteiger partial charge on any atom is 0.147 e. The minimum atomic E-state index is -0.0988. The van der Waals surface area contributed by atoms with E-state index in [2.05, 4.69) is 9.97 Å². The van der Waals surface area contributed by atoms with E-state index in [0.717, 1.165) is 18.9 Å². The number of aliphatic hydroxyl groups excluding tert-OH is 2. The van der Waals surface area contributed by atoms with Gasteiger partial charge in [0.1, 0.15) is 5.82 Å². The van der Waals surface area contributed by atoms with Crippen molar-refractivity contribution in [1.82, 2.24) is 9.97 Å². The Morgan fingerprint density at radius 1 is 1.33 bits per heavy atom. The van der Waals surface area contributed by atoms with E-state index in [4.69, 9.17) is 10.2 Å². The van der Waals surface area contributed by atoms with Gasteiger partial charge in [0.25, 0.3) is 0 Å². The van der Waals surface area contributed by atoms with Crippen LogP contribution in [0.1, 0.15) is 19.0 Å². The summed E-state index contributed by atoms with van der Waals surface area (Å²) in [5.74, 6) is 0.748. The molecule has 1 aromatic rings. The fraction of sp³-hybridized carbons (Fsp3) is 0.600. The summed E-state index contributed by atoms with van der Waals surface area (Å²) in [4.78, 5) is 10.3. The maximum atomic E-state index is 8.93. The minimum Gasteiger partial charge on any atom is -0.396 e. The molecule has 84 valence electrons. The van der Waals surface area contributed by atoms with Crippen molar-refractivity contribution in [3.8, 4) is 0 Å². The van der Waals surface area contributed by atoms with Gasteiger partial charge in [-0.15, -0.1) is 0 Å². The molecule has 2 N–H and O–H groups in total. The summed E-state index contributed by atoms with van der Waals surface area (Å²) < 4.78 is 0. The summed E-state index contributed by atoms with van der Waals surface area (Å²) in [6, 6.07) is 0. The third-order valence-corrected chi connectivity index (χ3v) is 2.13. The molecule has 0 aliphatic rings. The Hall–Kier alpha value is -1.20. The quantitative estimate of drug-likeness (QED) is 0.702. The molecule has 0 spiro atoms. The lowest BCUT2D eigenvalue weighted by molar-refractivity contribution is 0.276. The first-order chi connectivity index (χ1) is 7.31. The van der Waals surface area contributed by atoms with E-state index < -0.39 is 0 Å². The molecule has 0 aliphatic carbocycles. The summed E-state index contributed by atoms with van der Waals surface area (Å²) in [5, 5.41) is 17.7. The Kier molecular flexibility index (Phi) is 5.00. The molecule has 5 nitrogen and oxygen atoms in total. The van der Waals surface area contributed by atoms with Gasteiger partial charge in [-0.3, -0.25) is 4.98 Å². The Morgan fingerprint density at radius 3 is 2.73 bits per heavy atom. The molecule has 0 fully saturated rings. The highest BCUT2D eigenvalue weighted by Crippen LogP contribution is 2.09. The molecule has 1 aromatic heterocycles. The molecule has 0 atom stereocenters. The molecule has 0 radical (unpaired) electrons. The number of anilines is 1. The van der Waals surface area contributed by atoms with Gasteiger partial charge in [0.05, 0.1) is 24.7 Å². The van der Waals surface area contributed by atoms with Crippen molar-refractivity contribution in [1.29, 1.82) is 0 Å². The molecule has 0 bridgehead atoms. The Balaban J connectivity index is 2.72. The summed E-state index contributed by atoms with van der Waals surface area (Å²) >= 11 is 0. The molecule has 0 aromatic carbocycles. The van der Waals surface area contributed by atoms with Crippen LogP contribution < -0.4 is 4.90 Å². The standard InChI is InChI=1S/C10H17N3O2/c1-2-13(4-3-5-14)10-7-11-6-9(8-15)12-10/h6-7,14-15H,2-5,8H2,1H3. The van der Waals surface area contributed by atoms with Crippen molar-refractivity contribution in [2.75, 3.05) is 24.6 Å². The molecule has 0 saturated heterocycles. The second-order valence-corrected chi connectivity index (χ2v) is 3.18. The predicted molar refractivity (Wildman–Crippen MR) is 57.5 cm³/mol. The maximum absolute atomic E-state index is 8.93. The van der Waals surface area contributed by atoms with Crippen LogP contribution in [0.3, 0.4) is 0 Å². The smallest absolute Gasteiger partial charge is 0.147 e. The van der Waals surface area contributed by atoms with Crippen molar-refractivity contribution >= 4 is 5.82 Å². The summed E-state index contributed by atoms with van der Waals surface area (Å²) in [6.45, 7) is 3.65. The summed E-state index contributed by atoms with van der Waals surface area (Å²) in [5.41, 5.74) is 0.565. The van der Waals surface area contributed by atoms with E-state index in [1.165, 1.54) is 0 Å². The fourth-order valence-electron chi connectivity index (χ4n) is 1.32. The fourth-order valence-corrected chi connectivity index (χ4v) is 1.32. The molecule has 0 unspecified atom stereocenters. The number of nitrogens with zero attached hydrogens (tertiary/aromatic N) is 3. The first kappa shape index (κ1) is 11.9. The van der Waals surface area contributed by atoms with Crippen LogP contribution in [0.5, 0.6) is 0 Å². The van der Waals surface area contributed by atoms with Crippen LogP contribution in [0.2, 0.25) is 0 Å². The van der Waals surface area contributed by atoms with Crippen molar-refractivity contribution in [2.45, 2.75) is 20.0 Å². The molecular formula is C10H17N3O2. The van der Waals surface area contributed by atoms with Gasteiger partial charge in [-0.05, 0) is 13.3 Å². The second kappa shape index (κ2) is 6.31. The van der Waals surface area contributed by atoms with Crippen molar-refractivity contribution < 1.29 is 10.2 Å². The summed E-state index contributed by atoms with van der Waals surface area (Å²) in [6.07, 6.45) is 3.92. The van der Waals surface area contributed by atoms with Crippen LogP contribution in [0.25, 0.3) is 0 Å². The molecular weight excluding hydrogens is 194 g/mol. The first-order valence-electron chi connectivity index (χ1n) is 5.09. The van der Waals surface area contributed by atoms with Crippen LogP contribution in [0, 0.1) is 0 Å². The third kappa shape index (κ3) is 3.45. The van der Waals surface area contributed by atoms with E-state index in [9.17, 15) is 0 Å². The minimum absolute atomic E-state index is 0.0988. The van der Waals surface area contributed by atoms with Crippen molar-refractivity contribution in [2.24, 2.45) is 0 Å². The van der Waals surface area contributed by atoms with Crippen molar-refractivity contribution in [3.63, 3.8) is 0 Å². The second-order valence-electron chi connectivity index (χ2n) is 3.18. The van der Waals surface area contributed by atoms with E-state index in [-0.39, 0.29) is 13.2 Å². The van der Waals surface area contributed by atoms with Gasteiger partial charge in [0.2, 0.25) is 0 Å². The SMILES string of the molecule is CCN(CCCO)c1cncc(CO)n1. The molecule has 15 heavy (non-hydrogen) atoms. The number of rotatable bonds is 6. The van der Waals surface area contributed by atoms with Crippen LogP contribution in [0.4, 0.5) is 5.82 Å². The number of hydrogen-bond donors (Lipinski definition) is 2. The van der Waals surface area contributed by atoms with Gasteiger partial charge in [0.15, 0.2) is 0 Å². The molecule has 5 heteroatoms. The molecule has 0 saturated carbocycles. The Bertz CT molecular complexity index is 294. The summed E-state index contributed by atoms with van der Waals surface area (Å²) in [7, 11) is 0. The van der Waals surface area contributed by atoms with Gasteiger partial charge in [-0.1, -0.05) is 0 Å². The lowest BCUT2D eigenvalue weighted by Gasteiger charge is -2.21. The van der Waals surface area contributed by atoms with Crippen LogP contribution >= 0.6 is 0 Å². The Labute approximate surface area is 89.4 Å². The van der Waals surface area contributed by atoms with Crippen LogP contribution in [-0.4, -0.2) is 39.9 Å². The molecule has 1 rings (SSSR count). The highest BCUT2D eigenvalue weighted by molar-refractivity contribution is 5.35. The topological polar surface area (TPSA) is 69.5 Å². The first-order valence-corrected chi connectivity index (χ1v) is 5.09. The van der Waals surface area contributed by atoms with Gasteiger partial charge < -0.3 is 15.1 Å². The third-order valence-electron chi connectivity index (χ3n) is 2.13. The van der Waals surface area contributed by atoms with Crippen molar-refractivity contribution in [3.05, 3.63) is 18.1 Å². The molecule has 0 aliphatic heterocycles. The number of aliphatic hydroxyl groups is 2. The van der Waals surface area contributed by atoms with E-state index in [1.54, 1.807) is 12.4 Å². The van der Waals surface area contributed by atoms with Gasteiger partial charge in [-0.25, -0.2) is 4.98 Å². The van der Waals surface area contributed by atoms with Gasteiger partial charge in [-0.2, -0.15) is 0 Å².